The Morgan fingerprint density at radius 1 is 0.933 bits per heavy atom. The Bertz CT molecular complexity index is 1100. The summed E-state index contributed by atoms with van der Waals surface area (Å²) in [6, 6.07) is 22.7. The fraction of sp³-hybridized carbons (Fsp3) is 0.174. The Morgan fingerprint density at radius 3 is 2.47 bits per heavy atom. The van der Waals surface area contributed by atoms with Crippen molar-refractivity contribution in [3.05, 3.63) is 83.9 Å². The van der Waals surface area contributed by atoms with E-state index in [0.717, 1.165) is 16.9 Å². The first kappa shape index (κ1) is 18.7. The summed E-state index contributed by atoms with van der Waals surface area (Å²) in [5, 5.41) is -0.320. The van der Waals surface area contributed by atoms with Gasteiger partial charge in [0.1, 0.15) is 29.1 Å². The second kappa shape index (κ2) is 7.84. The molecule has 30 heavy (non-hydrogen) atoms. The van der Waals surface area contributed by atoms with Crippen molar-refractivity contribution in [2.75, 3.05) is 6.61 Å². The molecule has 3 aromatic rings. The van der Waals surface area contributed by atoms with Crippen LogP contribution in [0.15, 0.2) is 72.8 Å². The van der Waals surface area contributed by atoms with Crippen molar-refractivity contribution < 1.29 is 23.2 Å². The number of hydrogen-bond donors (Lipinski definition) is 1. The zero-order chi connectivity index (χ0) is 20.5. The van der Waals surface area contributed by atoms with Gasteiger partial charge in [0.05, 0.1) is 5.25 Å². The standard InChI is InChI=1S/C23H19NO5S/c25-22-13-21(30(26)24-22)15-9-11-17(12-10-15)29-20-14-27-23-18(20)7-4-8-19(23)28-16-5-2-1-3-6-16/h1-12,20-21H,13-14H2,(H,24,25). The molecule has 2 heterocycles. The summed E-state index contributed by atoms with van der Waals surface area (Å²) in [5.41, 5.74) is 1.78. The molecule has 6 nitrogen and oxygen atoms in total. The van der Waals surface area contributed by atoms with Gasteiger partial charge >= 0.3 is 0 Å². The summed E-state index contributed by atoms with van der Waals surface area (Å²) in [6.07, 6.45) is -0.0186. The molecule has 152 valence electrons. The average molecular weight is 421 g/mol. The van der Waals surface area contributed by atoms with Gasteiger partial charge in [-0.15, -0.1) is 0 Å². The molecule has 5 rings (SSSR count). The lowest BCUT2D eigenvalue weighted by molar-refractivity contribution is -0.118. The minimum Gasteiger partial charge on any atom is -0.485 e. The highest BCUT2D eigenvalue weighted by Gasteiger charge is 2.31. The first-order chi connectivity index (χ1) is 14.7. The lowest BCUT2D eigenvalue weighted by Crippen LogP contribution is -2.15. The third-order valence-electron chi connectivity index (χ3n) is 5.08. The van der Waals surface area contributed by atoms with Gasteiger partial charge in [-0.3, -0.25) is 9.52 Å². The van der Waals surface area contributed by atoms with Crippen molar-refractivity contribution in [3.63, 3.8) is 0 Å². The number of amides is 1. The van der Waals surface area contributed by atoms with Crippen LogP contribution >= 0.6 is 0 Å². The van der Waals surface area contributed by atoms with Crippen molar-refractivity contribution in [1.82, 2.24) is 4.72 Å². The van der Waals surface area contributed by atoms with E-state index in [2.05, 4.69) is 4.72 Å². The maximum absolute atomic E-state index is 12.0. The SMILES string of the molecule is O=C1CC(c2ccc(OC3COc4c(Oc5ccccc5)cccc43)cc2)S(=O)N1. The molecule has 0 saturated carbocycles. The highest BCUT2D eigenvalue weighted by molar-refractivity contribution is 7.84. The maximum Gasteiger partial charge on any atom is 0.233 e. The number of fused-ring (bicyclic) bond motifs is 1. The van der Waals surface area contributed by atoms with E-state index in [1.807, 2.05) is 72.8 Å². The Kier molecular flexibility index (Phi) is 4.88. The smallest absolute Gasteiger partial charge is 0.233 e. The number of ether oxygens (including phenoxy) is 3. The van der Waals surface area contributed by atoms with E-state index in [9.17, 15) is 9.00 Å². The highest BCUT2D eigenvalue weighted by atomic mass is 32.2. The molecule has 0 bridgehead atoms. The Morgan fingerprint density at radius 2 is 1.73 bits per heavy atom. The third-order valence-corrected chi connectivity index (χ3v) is 6.46. The monoisotopic (exact) mass is 421 g/mol. The van der Waals surface area contributed by atoms with Gasteiger partial charge in [0.15, 0.2) is 17.6 Å². The van der Waals surface area contributed by atoms with Crippen LogP contribution in [0.5, 0.6) is 23.0 Å². The van der Waals surface area contributed by atoms with Crippen LogP contribution in [0.1, 0.15) is 28.9 Å². The molecule has 0 aliphatic carbocycles. The van der Waals surface area contributed by atoms with Gasteiger partial charge in [-0.05, 0) is 35.9 Å². The summed E-state index contributed by atoms with van der Waals surface area (Å²) in [6.45, 7) is 0.386. The van der Waals surface area contributed by atoms with Crippen LogP contribution in [0.4, 0.5) is 0 Å². The van der Waals surface area contributed by atoms with Crippen molar-refractivity contribution in [2.24, 2.45) is 0 Å². The van der Waals surface area contributed by atoms with Gasteiger partial charge < -0.3 is 14.2 Å². The average Bonchev–Trinajstić information content (AvgIpc) is 3.32. The number of para-hydroxylation sites is 2. The van der Waals surface area contributed by atoms with Gasteiger partial charge in [0, 0.05) is 12.0 Å². The molecule has 3 aromatic carbocycles. The molecule has 2 aliphatic heterocycles. The topological polar surface area (TPSA) is 73.9 Å². The molecule has 0 aromatic heterocycles. The van der Waals surface area contributed by atoms with Crippen molar-refractivity contribution in [3.8, 4) is 23.0 Å². The lowest BCUT2D eigenvalue weighted by Gasteiger charge is -2.14. The van der Waals surface area contributed by atoms with Gasteiger partial charge in [0.25, 0.3) is 0 Å². The summed E-state index contributed by atoms with van der Waals surface area (Å²) in [5.74, 6) is 2.58. The van der Waals surface area contributed by atoms with E-state index >= 15 is 0 Å². The molecule has 0 spiro atoms. The fourth-order valence-corrected chi connectivity index (χ4v) is 4.78. The minimum atomic E-state index is -1.38. The van der Waals surface area contributed by atoms with E-state index in [1.54, 1.807) is 0 Å². The van der Waals surface area contributed by atoms with Crippen molar-refractivity contribution in [2.45, 2.75) is 17.8 Å². The predicted octanol–water partition coefficient (Wildman–Crippen LogP) is 4.22. The largest absolute Gasteiger partial charge is 0.485 e. The van der Waals surface area contributed by atoms with E-state index in [-0.39, 0.29) is 23.7 Å². The van der Waals surface area contributed by atoms with E-state index < -0.39 is 11.0 Å². The van der Waals surface area contributed by atoms with Crippen LogP contribution in [-0.4, -0.2) is 16.7 Å². The molecule has 1 amide bonds. The zero-order valence-corrected chi connectivity index (χ0v) is 16.8. The molecule has 1 saturated heterocycles. The maximum atomic E-state index is 12.0. The molecule has 2 aliphatic rings. The van der Waals surface area contributed by atoms with E-state index in [4.69, 9.17) is 14.2 Å². The van der Waals surface area contributed by atoms with Crippen LogP contribution in [-0.2, 0) is 15.8 Å². The number of benzene rings is 3. The Labute approximate surface area is 176 Å². The zero-order valence-electron chi connectivity index (χ0n) is 15.9. The number of hydrogen-bond acceptors (Lipinski definition) is 5. The molecule has 0 radical (unpaired) electrons. The Hall–Kier alpha value is -3.32. The van der Waals surface area contributed by atoms with Crippen LogP contribution < -0.4 is 18.9 Å². The number of carbonyl (C=O) groups is 1. The number of carbonyl (C=O) groups excluding carboxylic acids is 1. The molecular weight excluding hydrogens is 402 g/mol. The molecule has 7 heteroatoms. The first-order valence-electron chi connectivity index (χ1n) is 9.62. The van der Waals surface area contributed by atoms with Crippen LogP contribution in [0.2, 0.25) is 0 Å². The van der Waals surface area contributed by atoms with Gasteiger partial charge in [-0.2, -0.15) is 0 Å². The summed E-state index contributed by atoms with van der Waals surface area (Å²) < 4.78 is 32.4. The summed E-state index contributed by atoms with van der Waals surface area (Å²) >= 11 is 0. The van der Waals surface area contributed by atoms with E-state index in [0.29, 0.717) is 23.9 Å². The molecular formula is C23H19NO5S. The van der Waals surface area contributed by atoms with Gasteiger partial charge in [-0.1, -0.05) is 42.5 Å². The fourth-order valence-electron chi connectivity index (χ4n) is 3.62. The quantitative estimate of drug-likeness (QED) is 0.668. The first-order valence-corrected chi connectivity index (χ1v) is 10.8. The Balaban J connectivity index is 1.31. The van der Waals surface area contributed by atoms with Crippen LogP contribution in [0.25, 0.3) is 0 Å². The summed E-state index contributed by atoms with van der Waals surface area (Å²) in [7, 11) is -1.38. The highest BCUT2D eigenvalue weighted by Crippen LogP contribution is 2.43. The van der Waals surface area contributed by atoms with Gasteiger partial charge in [-0.25, -0.2) is 4.21 Å². The molecule has 1 fully saturated rings. The normalized spacial score (nSPS) is 22.1. The second-order valence-corrected chi connectivity index (χ2v) is 8.46. The number of rotatable bonds is 5. The molecule has 1 N–H and O–H groups in total. The van der Waals surface area contributed by atoms with E-state index in [1.165, 1.54) is 0 Å². The summed E-state index contributed by atoms with van der Waals surface area (Å²) in [4.78, 5) is 11.4. The molecule has 3 unspecified atom stereocenters. The van der Waals surface area contributed by atoms with Crippen LogP contribution in [0, 0.1) is 0 Å². The van der Waals surface area contributed by atoms with Crippen LogP contribution in [0.3, 0.4) is 0 Å². The third kappa shape index (κ3) is 3.64. The minimum absolute atomic E-state index is 0.188. The van der Waals surface area contributed by atoms with Crippen molar-refractivity contribution >= 4 is 16.9 Å². The predicted molar refractivity (Wildman–Crippen MR) is 112 cm³/mol. The number of nitrogens with one attached hydrogen (secondary N) is 1. The second-order valence-electron chi connectivity index (χ2n) is 7.09. The van der Waals surface area contributed by atoms with Gasteiger partial charge in [0.2, 0.25) is 5.91 Å². The van der Waals surface area contributed by atoms with Crippen molar-refractivity contribution in [1.29, 1.82) is 0 Å². The lowest BCUT2D eigenvalue weighted by atomic mass is 10.1. The molecule has 3 atom stereocenters.